The van der Waals surface area contributed by atoms with E-state index in [0.717, 1.165) is 6.07 Å². The van der Waals surface area contributed by atoms with E-state index in [1.165, 1.54) is 23.0 Å². The van der Waals surface area contributed by atoms with Crippen LogP contribution in [0.2, 0.25) is 0 Å². The number of nitrogens with zero attached hydrogens (tertiary/aromatic N) is 2. The van der Waals surface area contributed by atoms with Crippen LogP contribution in [0.1, 0.15) is 5.69 Å². The molecule has 3 nitrogen and oxygen atoms in total. The summed E-state index contributed by atoms with van der Waals surface area (Å²) in [5, 5.41) is 3.92. The maximum Gasteiger partial charge on any atom is 0.151 e. The van der Waals surface area contributed by atoms with E-state index in [1.807, 2.05) is 0 Å². The zero-order chi connectivity index (χ0) is 10.8. The first-order valence-corrected chi connectivity index (χ1v) is 4.41. The normalized spacial score (nSPS) is 10.6. The van der Waals surface area contributed by atoms with Crippen LogP contribution in [0, 0.1) is 11.6 Å². The number of rotatable bonds is 2. The molecule has 0 bridgehead atoms. The van der Waals surface area contributed by atoms with Crippen LogP contribution in [0.25, 0.3) is 5.69 Å². The Bertz CT molecular complexity index is 479. The molecule has 15 heavy (non-hydrogen) atoms. The third-order valence-electron chi connectivity index (χ3n) is 2.07. The number of halogens is 2. The van der Waals surface area contributed by atoms with Crippen molar-refractivity contribution in [2.24, 2.45) is 5.73 Å². The van der Waals surface area contributed by atoms with E-state index < -0.39 is 11.6 Å². The lowest BCUT2D eigenvalue weighted by Crippen LogP contribution is -2.08. The molecule has 0 amide bonds. The second-order valence-corrected chi connectivity index (χ2v) is 3.03. The van der Waals surface area contributed by atoms with Gasteiger partial charge in [-0.3, -0.25) is 0 Å². The Morgan fingerprint density at radius 1 is 1.27 bits per heavy atom. The number of hydrogen-bond acceptors (Lipinski definition) is 2. The molecule has 2 N–H and O–H groups in total. The van der Waals surface area contributed by atoms with Crippen LogP contribution in [0.15, 0.2) is 30.5 Å². The van der Waals surface area contributed by atoms with Crippen LogP contribution in [-0.2, 0) is 6.54 Å². The molecule has 0 saturated carbocycles. The van der Waals surface area contributed by atoms with Gasteiger partial charge in [-0.15, -0.1) is 0 Å². The average molecular weight is 209 g/mol. The molecule has 2 rings (SSSR count). The summed E-state index contributed by atoms with van der Waals surface area (Å²) in [6.07, 6.45) is 1.52. The fraction of sp³-hybridized carbons (Fsp3) is 0.100. The van der Waals surface area contributed by atoms with Gasteiger partial charge in [0.25, 0.3) is 0 Å². The van der Waals surface area contributed by atoms with E-state index in [2.05, 4.69) is 5.10 Å². The van der Waals surface area contributed by atoms with Crippen molar-refractivity contribution in [1.82, 2.24) is 9.78 Å². The zero-order valence-electron chi connectivity index (χ0n) is 7.82. The maximum absolute atomic E-state index is 13.4. The first-order valence-electron chi connectivity index (χ1n) is 4.41. The minimum absolute atomic E-state index is 0.196. The first-order chi connectivity index (χ1) is 7.22. The smallest absolute Gasteiger partial charge is 0.151 e. The number of benzene rings is 1. The molecule has 0 atom stereocenters. The number of nitrogens with two attached hydrogens (primary N) is 1. The van der Waals surface area contributed by atoms with Gasteiger partial charge in [0.05, 0.1) is 5.69 Å². The monoisotopic (exact) mass is 209 g/mol. The highest BCUT2D eigenvalue weighted by atomic mass is 19.1. The van der Waals surface area contributed by atoms with Crippen molar-refractivity contribution in [1.29, 1.82) is 0 Å². The van der Waals surface area contributed by atoms with Crippen LogP contribution in [0.5, 0.6) is 0 Å². The standard InChI is InChI=1S/C10H9F2N3/c11-7-1-2-10(9(12)5-7)15-8(6-13)3-4-14-15/h1-5H,6,13H2. The summed E-state index contributed by atoms with van der Waals surface area (Å²) >= 11 is 0. The van der Waals surface area contributed by atoms with Crippen molar-refractivity contribution < 1.29 is 8.78 Å². The Morgan fingerprint density at radius 2 is 2.07 bits per heavy atom. The van der Waals surface area contributed by atoms with Gasteiger partial charge >= 0.3 is 0 Å². The Labute approximate surface area is 85.1 Å². The summed E-state index contributed by atoms with van der Waals surface area (Å²) in [5.74, 6) is -1.27. The van der Waals surface area contributed by atoms with Gasteiger partial charge in [0.2, 0.25) is 0 Å². The van der Waals surface area contributed by atoms with Gasteiger partial charge in [-0.25, -0.2) is 13.5 Å². The van der Waals surface area contributed by atoms with Crippen molar-refractivity contribution in [2.45, 2.75) is 6.54 Å². The van der Waals surface area contributed by atoms with Crippen LogP contribution >= 0.6 is 0 Å². The van der Waals surface area contributed by atoms with Gasteiger partial charge in [0.15, 0.2) is 5.82 Å². The van der Waals surface area contributed by atoms with E-state index in [9.17, 15) is 8.78 Å². The Morgan fingerprint density at radius 3 is 2.73 bits per heavy atom. The van der Waals surface area contributed by atoms with E-state index in [0.29, 0.717) is 5.69 Å². The molecule has 0 aliphatic rings. The predicted octanol–water partition coefficient (Wildman–Crippen LogP) is 1.61. The summed E-state index contributed by atoms with van der Waals surface area (Å²) < 4.78 is 27.4. The molecule has 2 aromatic rings. The fourth-order valence-electron chi connectivity index (χ4n) is 1.36. The lowest BCUT2D eigenvalue weighted by atomic mass is 10.3. The summed E-state index contributed by atoms with van der Waals surface area (Å²) in [6.45, 7) is 0.247. The molecule has 78 valence electrons. The summed E-state index contributed by atoms with van der Waals surface area (Å²) in [7, 11) is 0. The van der Waals surface area contributed by atoms with Crippen LogP contribution < -0.4 is 5.73 Å². The molecule has 5 heteroatoms. The van der Waals surface area contributed by atoms with Crippen LogP contribution in [0.3, 0.4) is 0 Å². The molecule has 1 aromatic carbocycles. The number of aromatic nitrogens is 2. The van der Waals surface area contributed by atoms with Gasteiger partial charge < -0.3 is 5.73 Å². The fourth-order valence-corrected chi connectivity index (χ4v) is 1.36. The number of hydrogen-bond donors (Lipinski definition) is 1. The zero-order valence-corrected chi connectivity index (χ0v) is 7.82. The molecule has 0 aliphatic heterocycles. The van der Waals surface area contributed by atoms with E-state index in [4.69, 9.17) is 5.73 Å². The largest absolute Gasteiger partial charge is 0.325 e. The second-order valence-electron chi connectivity index (χ2n) is 3.03. The molecular formula is C10H9F2N3. The average Bonchev–Trinajstić information content (AvgIpc) is 2.65. The van der Waals surface area contributed by atoms with Gasteiger partial charge in [-0.1, -0.05) is 0 Å². The predicted molar refractivity (Wildman–Crippen MR) is 51.4 cm³/mol. The van der Waals surface area contributed by atoms with Crippen molar-refractivity contribution in [3.05, 3.63) is 47.8 Å². The Kier molecular flexibility index (Phi) is 2.47. The molecular weight excluding hydrogens is 200 g/mol. The molecule has 0 fully saturated rings. The summed E-state index contributed by atoms with van der Waals surface area (Å²) in [6, 6.07) is 5.01. The van der Waals surface area contributed by atoms with Gasteiger partial charge in [0.1, 0.15) is 11.5 Å². The van der Waals surface area contributed by atoms with E-state index in [-0.39, 0.29) is 12.2 Å². The topological polar surface area (TPSA) is 43.8 Å². The molecule has 0 saturated heterocycles. The highest BCUT2D eigenvalue weighted by Crippen LogP contribution is 2.15. The van der Waals surface area contributed by atoms with Crippen molar-refractivity contribution in [2.75, 3.05) is 0 Å². The Balaban J connectivity index is 2.54. The highest BCUT2D eigenvalue weighted by Gasteiger charge is 2.09. The minimum Gasteiger partial charge on any atom is -0.325 e. The second kappa shape index (κ2) is 3.78. The van der Waals surface area contributed by atoms with Gasteiger partial charge in [-0.05, 0) is 18.2 Å². The van der Waals surface area contributed by atoms with Gasteiger partial charge in [0, 0.05) is 18.8 Å². The van der Waals surface area contributed by atoms with Crippen LogP contribution in [0.4, 0.5) is 8.78 Å². The summed E-state index contributed by atoms with van der Waals surface area (Å²) in [4.78, 5) is 0. The third-order valence-corrected chi connectivity index (χ3v) is 2.07. The first kappa shape index (κ1) is 9.79. The quantitative estimate of drug-likeness (QED) is 0.816. The maximum atomic E-state index is 13.4. The molecule has 0 radical (unpaired) electrons. The Hall–Kier alpha value is -1.75. The van der Waals surface area contributed by atoms with E-state index >= 15 is 0 Å². The third kappa shape index (κ3) is 1.73. The molecule has 1 aromatic heterocycles. The van der Waals surface area contributed by atoms with Crippen molar-refractivity contribution >= 4 is 0 Å². The van der Waals surface area contributed by atoms with Crippen molar-refractivity contribution in [3.63, 3.8) is 0 Å². The van der Waals surface area contributed by atoms with E-state index in [1.54, 1.807) is 6.07 Å². The minimum atomic E-state index is -0.659. The van der Waals surface area contributed by atoms with Crippen LogP contribution in [-0.4, -0.2) is 9.78 Å². The molecule has 0 unspecified atom stereocenters. The lowest BCUT2D eigenvalue weighted by Gasteiger charge is -2.06. The van der Waals surface area contributed by atoms with Gasteiger partial charge in [-0.2, -0.15) is 5.10 Å². The van der Waals surface area contributed by atoms with Crippen molar-refractivity contribution in [3.8, 4) is 5.69 Å². The molecule has 1 heterocycles. The SMILES string of the molecule is NCc1ccnn1-c1ccc(F)cc1F. The molecule has 0 spiro atoms. The highest BCUT2D eigenvalue weighted by molar-refractivity contribution is 5.34. The lowest BCUT2D eigenvalue weighted by molar-refractivity contribution is 0.571. The summed E-state index contributed by atoms with van der Waals surface area (Å²) in [5.41, 5.74) is 6.32. The molecule has 0 aliphatic carbocycles.